The van der Waals surface area contributed by atoms with Crippen molar-refractivity contribution in [3.05, 3.63) is 53.2 Å². The van der Waals surface area contributed by atoms with E-state index in [1.165, 1.54) is 12.1 Å². The van der Waals surface area contributed by atoms with Crippen molar-refractivity contribution in [2.24, 2.45) is 0 Å². The van der Waals surface area contributed by atoms with Gasteiger partial charge in [0.15, 0.2) is 0 Å². The number of nitrogens with zero attached hydrogens (tertiary/aromatic N) is 2. The molecule has 1 fully saturated rings. The van der Waals surface area contributed by atoms with Crippen molar-refractivity contribution in [2.75, 3.05) is 19.6 Å². The topological polar surface area (TPSA) is 58.4 Å². The van der Waals surface area contributed by atoms with Crippen molar-refractivity contribution in [1.29, 1.82) is 0 Å². The van der Waals surface area contributed by atoms with E-state index in [4.69, 9.17) is 4.52 Å². The molecule has 2 aromatic rings. The maximum absolute atomic E-state index is 13.0. The summed E-state index contributed by atoms with van der Waals surface area (Å²) in [5, 5.41) is 6.91. The molecule has 1 N–H and O–H groups in total. The number of halogens is 1. The summed E-state index contributed by atoms with van der Waals surface area (Å²) in [5.41, 5.74) is 1.94. The molecule has 1 aliphatic heterocycles. The molecule has 0 radical (unpaired) electrons. The fraction of sp³-hybridized carbons (Fsp3) is 0.474. The van der Waals surface area contributed by atoms with E-state index in [0.717, 1.165) is 50.2 Å². The number of piperidine rings is 1. The van der Waals surface area contributed by atoms with E-state index in [1.807, 2.05) is 19.1 Å². The molecule has 0 spiro atoms. The first-order chi connectivity index (χ1) is 12.2. The summed E-state index contributed by atoms with van der Waals surface area (Å²) in [6, 6.07) is 8.40. The van der Waals surface area contributed by atoms with E-state index in [-0.39, 0.29) is 23.4 Å². The number of carbonyl (C=O) groups excluding carboxylic acids is 1. The molecule has 1 aliphatic rings. The van der Waals surface area contributed by atoms with Gasteiger partial charge in [0.05, 0.1) is 5.69 Å². The molecule has 1 saturated heterocycles. The summed E-state index contributed by atoms with van der Waals surface area (Å²) in [5.74, 6) is 0.112. The largest absolute Gasteiger partial charge is 0.351 e. The summed E-state index contributed by atoms with van der Waals surface area (Å²) in [6.07, 6.45) is 2.98. The summed E-state index contributed by atoms with van der Waals surface area (Å²) >= 11 is 0. The highest BCUT2D eigenvalue weighted by molar-refractivity contribution is 5.91. The Hall–Kier alpha value is -2.21. The van der Waals surface area contributed by atoms with Crippen LogP contribution in [0.5, 0.6) is 0 Å². The van der Waals surface area contributed by atoms with E-state index in [2.05, 4.69) is 15.4 Å². The van der Waals surface area contributed by atoms with Crippen molar-refractivity contribution >= 4 is 5.91 Å². The Bertz CT molecular complexity index is 699. The van der Waals surface area contributed by atoms with Crippen LogP contribution in [0.3, 0.4) is 0 Å². The normalized spacial score (nSPS) is 18.2. The quantitative estimate of drug-likeness (QED) is 0.872. The van der Waals surface area contributed by atoms with Crippen molar-refractivity contribution in [1.82, 2.24) is 15.4 Å². The highest BCUT2D eigenvalue weighted by Crippen LogP contribution is 2.27. The first-order valence-electron chi connectivity index (χ1n) is 8.87. The summed E-state index contributed by atoms with van der Waals surface area (Å²) < 4.78 is 18.3. The number of aromatic nitrogens is 1. The predicted molar refractivity (Wildman–Crippen MR) is 92.8 cm³/mol. The molecule has 3 rings (SSSR count). The highest BCUT2D eigenvalue weighted by atomic mass is 19.1. The molecule has 1 atom stereocenters. The van der Waals surface area contributed by atoms with Crippen LogP contribution < -0.4 is 5.32 Å². The first-order valence-corrected chi connectivity index (χ1v) is 8.87. The second-order valence-electron chi connectivity index (χ2n) is 6.57. The molecule has 1 aromatic carbocycles. The van der Waals surface area contributed by atoms with Gasteiger partial charge in [0.2, 0.25) is 5.76 Å². The second-order valence-corrected chi connectivity index (χ2v) is 6.57. The lowest BCUT2D eigenvalue weighted by Crippen LogP contribution is -2.34. The Kier molecular flexibility index (Phi) is 5.81. The van der Waals surface area contributed by atoms with Gasteiger partial charge < -0.3 is 9.84 Å². The molecule has 1 aromatic heterocycles. The van der Waals surface area contributed by atoms with Gasteiger partial charge in [-0.1, -0.05) is 24.2 Å². The molecular weight excluding hydrogens is 321 g/mol. The van der Waals surface area contributed by atoms with Crippen LogP contribution in [0.15, 0.2) is 34.9 Å². The second kappa shape index (κ2) is 8.25. The molecule has 2 heterocycles. The van der Waals surface area contributed by atoms with Crippen LogP contribution in [0.2, 0.25) is 0 Å². The Labute approximate surface area is 147 Å². The van der Waals surface area contributed by atoms with Crippen molar-refractivity contribution < 1.29 is 13.7 Å². The molecule has 0 saturated carbocycles. The first kappa shape index (κ1) is 17.6. The lowest BCUT2D eigenvalue weighted by Gasteiger charge is -2.31. The van der Waals surface area contributed by atoms with E-state index >= 15 is 0 Å². The number of rotatable bonds is 6. The fourth-order valence-electron chi connectivity index (χ4n) is 3.20. The number of hydrogen-bond acceptors (Lipinski definition) is 4. The van der Waals surface area contributed by atoms with Crippen LogP contribution in [-0.2, 0) is 6.54 Å². The van der Waals surface area contributed by atoms with Gasteiger partial charge in [0, 0.05) is 31.6 Å². The number of hydrogen-bond donors (Lipinski definition) is 1. The molecule has 0 bridgehead atoms. The van der Waals surface area contributed by atoms with Gasteiger partial charge in [-0.25, -0.2) is 4.39 Å². The average molecular weight is 345 g/mol. The lowest BCUT2D eigenvalue weighted by molar-refractivity contribution is 0.0916. The van der Waals surface area contributed by atoms with E-state index in [9.17, 15) is 9.18 Å². The maximum atomic E-state index is 13.0. The molecule has 6 heteroatoms. The van der Waals surface area contributed by atoms with Crippen LogP contribution in [-0.4, -0.2) is 35.6 Å². The smallest absolute Gasteiger partial charge is 0.289 e. The summed E-state index contributed by atoms with van der Waals surface area (Å²) in [7, 11) is 0. The van der Waals surface area contributed by atoms with Gasteiger partial charge in [-0.3, -0.25) is 9.69 Å². The van der Waals surface area contributed by atoms with Crippen LogP contribution in [0, 0.1) is 5.82 Å². The van der Waals surface area contributed by atoms with Gasteiger partial charge in [0.25, 0.3) is 5.91 Å². The number of nitrogens with one attached hydrogen (secondary N) is 1. The van der Waals surface area contributed by atoms with Gasteiger partial charge >= 0.3 is 0 Å². The summed E-state index contributed by atoms with van der Waals surface area (Å²) in [4.78, 5) is 14.3. The van der Waals surface area contributed by atoms with Crippen LogP contribution >= 0.6 is 0 Å². The predicted octanol–water partition coefficient (Wildman–Crippen LogP) is 3.33. The maximum Gasteiger partial charge on any atom is 0.289 e. The zero-order chi connectivity index (χ0) is 17.6. The number of carbonyl (C=O) groups is 1. The standard InChI is InChI=1S/C19H24FN3O2/c1-2-9-21-19(24)18-11-17(22-25-18)15-4-3-10-23(13-15)12-14-5-7-16(20)8-6-14/h5-8,11,15H,2-4,9-10,12-13H2,1H3,(H,21,24)/t15-/m1/s1. The molecule has 5 nitrogen and oxygen atoms in total. The zero-order valence-electron chi connectivity index (χ0n) is 14.5. The Morgan fingerprint density at radius 3 is 2.96 bits per heavy atom. The number of benzene rings is 1. The molecular formula is C19H24FN3O2. The summed E-state index contributed by atoms with van der Waals surface area (Å²) in [6.45, 7) is 5.29. The third-order valence-electron chi connectivity index (χ3n) is 4.53. The minimum absolute atomic E-state index is 0.209. The third kappa shape index (κ3) is 4.66. The van der Waals surface area contributed by atoms with Crippen molar-refractivity contribution in [3.63, 3.8) is 0 Å². The highest BCUT2D eigenvalue weighted by Gasteiger charge is 2.25. The van der Waals surface area contributed by atoms with Crippen LogP contribution in [0.4, 0.5) is 4.39 Å². The zero-order valence-corrected chi connectivity index (χ0v) is 14.5. The van der Waals surface area contributed by atoms with Crippen molar-refractivity contribution in [2.45, 2.75) is 38.6 Å². The van der Waals surface area contributed by atoms with Gasteiger partial charge in [-0.2, -0.15) is 0 Å². The Morgan fingerprint density at radius 1 is 1.40 bits per heavy atom. The number of likely N-dealkylation sites (tertiary alicyclic amines) is 1. The van der Waals surface area contributed by atoms with Crippen LogP contribution in [0.1, 0.15) is 53.9 Å². The minimum atomic E-state index is -0.211. The third-order valence-corrected chi connectivity index (χ3v) is 4.53. The average Bonchev–Trinajstić information content (AvgIpc) is 3.12. The van der Waals surface area contributed by atoms with Crippen LogP contribution in [0.25, 0.3) is 0 Å². The monoisotopic (exact) mass is 345 g/mol. The van der Waals surface area contributed by atoms with Gasteiger partial charge in [-0.15, -0.1) is 0 Å². The van der Waals surface area contributed by atoms with Gasteiger partial charge in [-0.05, 0) is 43.5 Å². The van der Waals surface area contributed by atoms with E-state index in [1.54, 1.807) is 6.07 Å². The molecule has 25 heavy (non-hydrogen) atoms. The fourth-order valence-corrected chi connectivity index (χ4v) is 3.20. The number of amides is 1. The Balaban J connectivity index is 1.60. The SMILES string of the molecule is CCCNC(=O)c1cc([C@@H]2CCCN(Cc3ccc(F)cc3)C2)no1. The molecule has 1 amide bonds. The molecule has 0 unspecified atom stereocenters. The Morgan fingerprint density at radius 2 is 2.20 bits per heavy atom. The lowest BCUT2D eigenvalue weighted by atomic mass is 9.94. The van der Waals surface area contributed by atoms with Gasteiger partial charge in [0.1, 0.15) is 5.82 Å². The van der Waals surface area contributed by atoms with Crippen molar-refractivity contribution in [3.8, 4) is 0 Å². The minimum Gasteiger partial charge on any atom is -0.351 e. The molecule has 0 aliphatic carbocycles. The van der Waals surface area contributed by atoms with E-state index in [0.29, 0.717) is 6.54 Å². The molecule has 134 valence electrons. The van der Waals surface area contributed by atoms with E-state index < -0.39 is 0 Å².